The van der Waals surface area contributed by atoms with Crippen LogP contribution in [0.25, 0.3) is 0 Å². The van der Waals surface area contributed by atoms with E-state index in [4.69, 9.17) is 0 Å². The highest BCUT2D eigenvalue weighted by molar-refractivity contribution is 5.55. The van der Waals surface area contributed by atoms with Crippen LogP contribution in [0.5, 0.6) is 0 Å². The van der Waals surface area contributed by atoms with Gasteiger partial charge < -0.3 is 10.2 Å². The van der Waals surface area contributed by atoms with Gasteiger partial charge in [0.15, 0.2) is 0 Å². The average Bonchev–Trinajstić information content (AvgIpc) is 2.76. The van der Waals surface area contributed by atoms with Crippen molar-refractivity contribution in [1.29, 1.82) is 0 Å². The summed E-state index contributed by atoms with van der Waals surface area (Å²) in [5, 5.41) is 3.52. The van der Waals surface area contributed by atoms with Crippen LogP contribution < -0.4 is 10.2 Å². The minimum atomic E-state index is 0.561. The molecule has 2 aromatic carbocycles. The van der Waals surface area contributed by atoms with Crippen LogP contribution in [-0.2, 0) is 13.0 Å². The summed E-state index contributed by atoms with van der Waals surface area (Å²) in [4.78, 5) is 2.57. The van der Waals surface area contributed by atoms with Crippen LogP contribution in [-0.4, -0.2) is 19.1 Å². The van der Waals surface area contributed by atoms with E-state index in [9.17, 15) is 0 Å². The first-order valence-corrected chi connectivity index (χ1v) is 7.94. The van der Waals surface area contributed by atoms with Crippen LogP contribution in [0.15, 0.2) is 54.6 Å². The molecule has 0 aliphatic carbocycles. The van der Waals surface area contributed by atoms with E-state index >= 15 is 0 Å². The lowest BCUT2D eigenvalue weighted by atomic mass is 10.0. The number of para-hydroxylation sites is 1. The maximum Gasteiger partial charge on any atom is 0.0414 e. The molecule has 1 unspecified atom stereocenters. The second-order valence-corrected chi connectivity index (χ2v) is 5.87. The molecule has 0 bridgehead atoms. The lowest BCUT2D eigenvalue weighted by Crippen LogP contribution is -2.36. The molecule has 1 aliphatic rings. The lowest BCUT2D eigenvalue weighted by molar-refractivity contribution is 0.580. The normalized spacial score (nSPS) is 16.1. The van der Waals surface area contributed by atoms with Crippen LogP contribution in [0, 0.1) is 0 Å². The zero-order chi connectivity index (χ0) is 14.5. The van der Waals surface area contributed by atoms with Crippen LogP contribution in [0.1, 0.15) is 24.5 Å². The molecule has 2 aromatic rings. The number of benzene rings is 2. The van der Waals surface area contributed by atoms with Crippen LogP contribution in [0.3, 0.4) is 0 Å². The van der Waals surface area contributed by atoms with E-state index in [0.717, 1.165) is 26.1 Å². The number of rotatable bonds is 4. The van der Waals surface area contributed by atoms with E-state index in [0.29, 0.717) is 6.04 Å². The zero-order valence-electron chi connectivity index (χ0n) is 12.8. The maximum atomic E-state index is 3.52. The van der Waals surface area contributed by atoms with Crippen molar-refractivity contribution < 1.29 is 0 Å². The monoisotopic (exact) mass is 280 g/mol. The Morgan fingerprint density at radius 3 is 2.67 bits per heavy atom. The summed E-state index contributed by atoms with van der Waals surface area (Å²) >= 11 is 0. The third-order valence-electron chi connectivity index (χ3n) is 4.37. The molecule has 1 N–H and O–H groups in total. The number of nitrogens with zero attached hydrogens (tertiary/aromatic N) is 1. The zero-order valence-corrected chi connectivity index (χ0v) is 12.8. The van der Waals surface area contributed by atoms with E-state index in [2.05, 4.69) is 71.7 Å². The van der Waals surface area contributed by atoms with Gasteiger partial charge in [-0.15, -0.1) is 0 Å². The van der Waals surface area contributed by atoms with Gasteiger partial charge in [0, 0.05) is 31.4 Å². The molecule has 0 amide bonds. The fourth-order valence-electron chi connectivity index (χ4n) is 3.12. The molecular formula is C19H24N2. The summed E-state index contributed by atoms with van der Waals surface area (Å²) in [5.74, 6) is 0. The molecule has 110 valence electrons. The first-order valence-electron chi connectivity index (χ1n) is 7.94. The Morgan fingerprint density at radius 2 is 1.81 bits per heavy atom. The van der Waals surface area contributed by atoms with Gasteiger partial charge in [-0.2, -0.15) is 0 Å². The van der Waals surface area contributed by atoms with E-state index in [1.807, 2.05) is 0 Å². The average molecular weight is 280 g/mol. The summed E-state index contributed by atoms with van der Waals surface area (Å²) in [7, 11) is 0. The number of nitrogens with one attached hydrogen (secondary N) is 1. The predicted octanol–water partition coefficient (Wildman–Crippen LogP) is 3.62. The summed E-state index contributed by atoms with van der Waals surface area (Å²) in [6.07, 6.45) is 2.34. The molecule has 0 saturated heterocycles. The minimum Gasteiger partial charge on any atom is -0.367 e. The van der Waals surface area contributed by atoms with Gasteiger partial charge >= 0.3 is 0 Å². The SMILES string of the molecule is CC(CCc1ccccc1)N1CCNCc2ccccc21. The van der Waals surface area contributed by atoms with Gasteiger partial charge in [0.05, 0.1) is 0 Å². The van der Waals surface area contributed by atoms with Crippen molar-refractivity contribution in [3.8, 4) is 0 Å². The van der Waals surface area contributed by atoms with Gasteiger partial charge in [-0.25, -0.2) is 0 Å². The Morgan fingerprint density at radius 1 is 1.05 bits per heavy atom. The fourth-order valence-corrected chi connectivity index (χ4v) is 3.12. The largest absolute Gasteiger partial charge is 0.367 e. The molecule has 1 aliphatic heterocycles. The Balaban J connectivity index is 1.70. The highest BCUT2D eigenvalue weighted by Crippen LogP contribution is 2.25. The van der Waals surface area contributed by atoms with Gasteiger partial charge in [0.2, 0.25) is 0 Å². The van der Waals surface area contributed by atoms with Crippen molar-refractivity contribution in [2.24, 2.45) is 0 Å². The summed E-state index contributed by atoms with van der Waals surface area (Å²) < 4.78 is 0. The maximum absolute atomic E-state index is 3.52. The van der Waals surface area contributed by atoms with Crippen molar-refractivity contribution >= 4 is 5.69 Å². The van der Waals surface area contributed by atoms with Crippen LogP contribution >= 0.6 is 0 Å². The van der Waals surface area contributed by atoms with Crippen LogP contribution in [0.4, 0.5) is 5.69 Å². The number of anilines is 1. The van der Waals surface area contributed by atoms with E-state index in [-0.39, 0.29) is 0 Å². The molecule has 1 heterocycles. The molecule has 3 rings (SSSR count). The Labute approximate surface area is 127 Å². The summed E-state index contributed by atoms with van der Waals surface area (Å²) in [6, 6.07) is 20.2. The van der Waals surface area contributed by atoms with Crippen molar-refractivity contribution in [3.63, 3.8) is 0 Å². The summed E-state index contributed by atoms with van der Waals surface area (Å²) in [5.41, 5.74) is 4.26. The van der Waals surface area contributed by atoms with Gasteiger partial charge in [-0.05, 0) is 37.0 Å². The number of fused-ring (bicyclic) bond motifs is 1. The first kappa shape index (κ1) is 14.2. The summed E-state index contributed by atoms with van der Waals surface area (Å²) in [6.45, 7) is 5.49. The highest BCUT2D eigenvalue weighted by Gasteiger charge is 2.19. The minimum absolute atomic E-state index is 0.561. The first-order chi connectivity index (χ1) is 10.3. The Kier molecular flexibility index (Phi) is 4.56. The number of hydrogen-bond acceptors (Lipinski definition) is 2. The second-order valence-electron chi connectivity index (χ2n) is 5.87. The third-order valence-corrected chi connectivity index (χ3v) is 4.37. The molecule has 0 radical (unpaired) electrons. The molecule has 1 atom stereocenters. The number of aryl methyl sites for hydroxylation is 1. The molecule has 0 saturated carbocycles. The highest BCUT2D eigenvalue weighted by atomic mass is 15.2. The molecule has 0 fully saturated rings. The molecule has 0 aromatic heterocycles. The van der Waals surface area contributed by atoms with E-state index in [1.54, 1.807) is 0 Å². The van der Waals surface area contributed by atoms with Gasteiger partial charge in [-0.3, -0.25) is 0 Å². The quantitative estimate of drug-likeness (QED) is 0.920. The number of hydrogen-bond donors (Lipinski definition) is 1. The Hall–Kier alpha value is -1.80. The van der Waals surface area contributed by atoms with E-state index < -0.39 is 0 Å². The predicted molar refractivity (Wildman–Crippen MR) is 89.7 cm³/mol. The van der Waals surface area contributed by atoms with Crippen molar-refractivity contribution in [3.05, 3.63) is 65.7 Å². The molecular weight excluding hydrogens is 256 g/mol. The van der Waals surface area contributed by atoms with Crippen molar-refractivity contribution in [1.82, 2.24) is 5.32 Å². The lowest BCUT2D eigenvalue weighted by Gasteiger charge is -2.31. The molecule has 2 heteroatoms. The topological polar surface area (TPSA) is 15.3 Å². The third kappa shape index (κ3) is 3.45. The molecule has 2 nitrogen and oxygen atoms in total. The van der Waals surface area contributed by atoms with Gasteiger partial charge in [-0.1, -0.05) is 48.5 Å². The van der Waals surface area contributed by atoms with Gasteiger partial charge in [0.25, 0.3) is 0 Å². The standard InChI is InChI=1S/C19H24N2/c1-16(11-12-17-7-3-2-4-8-17)21-14-13-20-15-18-9-5-6-10-19(18)21/h2-10,16,20H,11-15H2,1H3. The van der Waals surface area contributed by atoms with Crippen molar-refractivity contribution in [2.75, 3.05) is 18.0 Å². The van der Waals surface area contributed by atoms with Crippen LogP contribution in [0.2, 0.25) is 0 Å². The second kappa shape index (κ2) is 6.77. The van der Waals surface area contributed by atoms with Crippen molar-refractivity contribution in [2.45, 2.75) is 32.4 Å². The molecule has 0 spiro atoms. The molecule has 21 heavy (non-hydrogen) atoms. The van der Waals surface area contributed by atoms with E-state index in [1.165, 1.54) is 23.2 Å². The Bertz CT molecular complexity index is 565. The smallest absolute Gasteiger partial charge is 0.0414 e. The fraction of sp³-hybridized carbons (Fsp3) is 0.368. The van der Waals surface area contributed by atoms with Gasteiger partial charge in [0.1, 0.15) is 0 Å².